The van der Waals surface area contributed by atoms with Crippen LogP contribution in [0.25, 0.3) is 0 Å². The quantitative estimate of drug-likeness (QED) is 0.601. The van der Waals surface area contributed by atoms with Gasteiger partial charge in [-0.2, -0.15) is 0 Å². The fourth-order valence-electron chi connectivity index (χ4n) is 2.32. The molecule has 0 radical (unpaired) electrons. The lowest BCUT2D eigenvalue weighted by atomic mass is 10.0. The van der Waals surface area contributed by atoms with E-state index in [9.17, 15) is 4.79 Å². The molecule has 2 unspecified atom stereocenters. The number of hydrogen-bond donors (Lipinski definition) is 1. The van der Waals surface area contributed by atoms with Crippen LogP contribution in [0.15, 0.2) is 0 Å². The van der Waals surface area contributed by atoms with Crippen LogP contribution in [0.4, 0.5) is 0 Å². The van der Waals surface area contributed by atoms with Crippen LogP contribution in [0.2, 0.25) is 0 Å². The van der Waals surface area contributed by atoms with Crippen molar-refractivity contribution in [3.63, 3.8) is 0 Å². The average Bonchev–Trinajstić information content (AvgIpc) is 2.64. The summed E-state index contributed by atoms with van der Waals surface area (Å²) in [6, 6.07) is 0. The fourth-order valence-corrected chi connectivity index (χ4v) is 2.32. The molecule has 0 aromatic rings. The largest absolute Gasteiger partial charge is 0.480 e. The molecular formula is C8H13NO2. The van der Waals surface area contributed by atoms with E-state index in [4.69, 9.17) is 5.11 Å². The van der Waals surface area contributed by atoms with Gasteiger partial charge in [0.05, 0.1) is 0 Å². The molecule has 1 aliphatic carbocycles. The molecule has 1 heterocycles. The minimum absolute atomic E-state index is 0.443. The second-order valence-electron chi connectivity index (χ2n) is 3.69. The Morgan fingerprint density at radius 3 is 2.91 bits per heavy atom. The SMILES string of the molecule is CN1CCCC2CC21C(=O)O. The molecular weight excluding hydrogens is 142 g/mol. The van der Waals surface area contributed by atoms with E-state index >= 15 is 0 Å². The number of rotatable bonds is 1. The van der Waals surface area contributed by atoms with E-state index in [0.29, 0.717) is 5.92 Å². The number of aliphatic carboxylic acids is 1. The molecule has 11 heavy (non-hydrogen) atoms. The summed E-state index contributed by atoms with van der Waals surface area (Å²) in [5.41, 5.74) is -0.446. The summed E-state index contributed by atoms with van der Waals surface area (Å²) in [5, 5.41) is 8.97. The van der Waals surface area contributed by atoms with E-state index in [1.807, 2.05) is 11.9 Å². The van der Waals surface area contributed by atoms with Gasteiger partial charge >= 0.3 is 5.97 Å². The van der Waals surface area contributed by atoms with Crippen molar-refractivity contribution in [2.75, 3.05) is 13.6 Å². The number of likely N-dealkylation sites (N-methyl/N-ethyl adjacent to an activating group) is 1. The van der Waals surface area contributed by atoms with Gasteiger partial charge in [0, 0.05) is 0 Å². The van der Waals surface area contributed by atoms with Crippen molar-refractivity contribution in [2.24, 2.45) is 5.92 Å². The molecule has 0 amide bonds. The molecule has 2 aliphatic rings. The predicted molar refractivity (Wildman–Crippen MR) is 40.3 cm³/mol. The first-order valence-electron chi connectivity index (χ1n) is 4.12. The lowest BCUT2D eigenvalue weighted by molar-refractivity contribution is -0.146. The Kier molecular flexibility index (Phi) is 1.27. The number of piperidine rings is 1. The Bertz CT molecular complexity index is 204. The second-order valence-corrected chi connectivity index (χ2v) is 3.69. The van der Waals surface area contributed by atoms with E-state index in [1.165, 1.54) is 0 Å². The number of fused-ring (bicyclic) bond motifs is 1. The van der Waals surface area contributed by atoms with Gasteiger partial charge in [-0.05, 0) is 38.8 Å². The van der Waals surface area contributed by atoms with E-state index in [0.717, 1.165) is 25.8 Å². The number of carboxylic acids is 1. The first-order chi connectivity index (χ1) is 5.18. The highest BCUT2D eigenvalue weighted by molar-refractivity contribution is 5.83. The lowest BCUT2D eigenvalue weighted by Crippen LogP contribution is -2.45. The maximum absolute atomic E-state index is 10.9. The molecule has 62 valence electrons. The molecule has 3 nitrogen and oxygen atoms in total. The summed E-state index contributed by atoms with van der Waals surface area (Å²) in [5.74, 6) is -0.177. The first kappa shape index (κ1) is 7.10. The van der Waals surface area contributed by atoms with Gasteiger partial charge in [-0.15, -0.1) is 0 Å². The Hall–Kier alpha value is -0.570. The average molecular weight is 155 g/mol. The summed E-state index contributed by atoms with van der Waals surface area (Å²) in [6.45, 7) is 0.947. The zero-order valence-electron chi connectivity index (χ0n) is 6.71. The van der Waals surface area contributed by atoms with Gasteiger partial charge in [-0.25, -0.2) is 0 Å². The van der Waals surface area contributed by atoms with Crippen molar-refractivity contribution in [1.29, 1.82) is 0 Å². The van der Waals surface area contributed by atoms with Crippen LogP contribution in [0.1, 0.15) is 19.3 Å². The molecule has 1 saturated carbocycles. The van der Waals surface area contributed by atoms with Gasteiger partial charge in [-0.3, -0.25) is 9.69 Å². The molecule has 1 aliphatic heterocycles. The topological polar surface area (TPSA) is 40.5 Å². The standard InChI is InChI=1S/C8H13NO2/c1-9-4-2-3-6-5-8(6,9)7(10)11/h6H,2-5H2,1H3,(H,10,11). The Morgan fingerprint density at radius 2 is 2.45 bits per heavy atom. The normalized spacial score (nSPS) is 43.2. The third-order valence-corrected chi connectivity index (χ3v) is 3.17. The van der Waals surface area contributed by atoms with Gasteiger partial charge < -0.3 is 5.11 Å². The maximum Gasteiger partial charge on any atom is 0.324 e. The summed E-state index contributed by atoms with van der Waals surface area (Å²) in [6.07, 6.45) is 3.14. The molecule has 0 aromatic carbocycles. The summed E-state index contributed by atoms with van der Waals surface area (Å²) >= 11 is 0. The first-order valence-corrected chi connectivity index (χ1v) is 4.12. The van der Waals surface area contributed by atoms with Gasteiger partial charge in [0.15, 0.2) is 0 Å². The predicted octanol–water partition coefficient (Wildman–Crippen LogP) is 0.555. The molecule has 3 heteroatoms. The number of hydrogen-bond acceptors (Lipinski definition) is 2. The smallest absolute Gasteiger partial charge is 0.324 e. The number of likely N-dealkylation sites (tertiary alicyclic amines) is 1. The highest BCUT2D eigenvalue weighted by Gasteiger charge is 2.64. The molecule has 0 bridgehead atoms. The molecule has 2 atom stereocenters. The van der Waals surface area contributed by atoms with Crippen LogP contribution >= 0.6 is 0 Å². The second kappa shape index (κ2) is 1.97. The van der Waals surface area contributed by atoms with Gasteiger partial charge in [0.25, 0.3) is 0 Å². The van der Waals surface area contributed by atoms with Gasteiger partial charge in [0.1, 0.15) is 5.54 Å². The van der Waals surface area contributed by atoms with Crippen LogP contribution in [0, 0.1) is 5.92 Å². The number of nitrogens with zero attached hydrogens (tertiary/aromatic N) is 1. The summed E-state index contributed by atoms with van der Waals surface area (Å²) in [7, 11) is 1.92. The molecule has 1 saturated heterocycles. The van der Waals surface area contributed by atoms with Crippen molar-refractivity contribution in [2.45, 2.75) is 24.8 Å². The molecule has 1 N–H and O–H groups in total. The Labute approximate surface area is 66.0 Å². The van der Waals surface area contributed by atoms with E-state index < -0.39 is 11.5 Å². The lowest BCUT2D eigenvalue weighted by Gasteiger charge is -2.29. The number of carbonyl (C=O) groups is 1. The minimum atomic E-state index is -0.621. The monoisotopic (exact) mass is 155 g/mol. The molecule has 0 aromatic heterocycles. The van der Waals surface area contributed by atoms with Gasteiger partial charge in [0.2, 0.25) is 0 Å². The van der Waals surface area contributed by atoms with Crippen molar-refractivity contribution in [1.82, 2.24) is 4.90 Å². The summed E-state index contributed by atoms with van der Waals surface area (Å²) < 4.78 is 0. The van der Waals surface area contributed by atoms with Crippen LogP contribution in [-0.2, 0) is 4.79 Å². The van der Waals surface area contributed by atoms with Crippen molar-refractivity contribution in [3.8, 4) is 0 Å². The van der Waals surface area contributed by atoms with E-state index in [1.54, 1.807) is 0 Å². The van der Waals surface area contributed by atoms with Crippen LogP contribution in [0.3, 0.4) is 0 Å². The van der Waals surface area contributed by atoms with E-state index in [2.05, 4.69) is 0 Å². The highest BCUT2D eigenvalue weighted by atomic mass is 16.4. The maximum atomic E-state index is 10.9. The summed E-state index contributed by atoms with van der Waals surface area (Å²) in [4.78, 5) is 12.9. The molecule has 2 fully saturated rings. The Balaban J connectivity index is 2.20. The van der Waals surface area contributed by atoms with Gasteiger partial charge in [-0.1, -0.05) is 0 Å². The minimum Gasteiger partial charge on any atom is -0.480 e. The zero-order valence-corrected chi connectivity index (χ0v) is 6.71. The number of carboxylic acid groups (broad SMARTS) is 1. The third kappa shape index (κ3) is 0.745. The van der Waals surface area contributed by atoms with Crippen LogP contribution in [-0.4, -0.2) is 35.1 Å². The van der Waals surface area contributed by atoms with Crippen molar-refractivity contribution < 1.29 is 9.90 Å². The van der Waals surface area contributed by atoms with E-state index in [-0.39, 0.29) is 0 Å². The third-order valence-electron chi connectivity index (χ3n) is 3.17. The molecule has 0 spiro atoms. The fraction of sp³-hybridized carbons (Fsp3) is 0.875. The zero-order chi connectivity index (χ0) is 8.06. The Morgan fingerprint density at radius 1 is 1.73 bits per heavy atom. The van der Waals surface area contributed by atoms with Crippen LogP contribution in [0.5, 0.6) is 0 Å². The van der Waals surface area contributed by atoms with Crippen molar-refractivity contribution in [3.05, 3.63) is 0 Å². The molecule has 2 rings (SSSR count). The van der Waals surface area contributed by atoms with Crippen molar-refractivity contribution >= 4 is 5.97 Å². The highest BCUT2D eigenvalue weighted by Crippen LogP contribution is 2.53. The van der Waals surface area contributed by atoms with Crippen LogP contribution < -0.4 is 0 Å².